The Labute approximate surface area is 101 Å². The first-order chi connectivity index (χ1) is 7.72. The maximum atomic E-state index is 5.89. The zero-order valence-corrected chi connectivity index (χ0v) is 10.1. The van der Waals surface area contributed by atoms with Gasteiger partial charge < -0.3 is 0 Å². The van der Waals surface area contributed by atoms with Gasteiger partial charge in [-0.15, -0.1) is 16.4 Å². The largest absolute Gasteiger partial charge is 0.219 e. The van der Waals surface area contributed by atoms with Gasteiger partial charge in [-0.2, -0.15) is 0 Å². The maximum absolute atomic E-state index is 5.89. The fourth-order valence-electron chi connectivity index (χ4n) is 1.52. The molecule has 0 fully saturated rings. The Morgan fingerprint density at radius 2 is 2.12 bits per heavy atom. The van der Waals surface area contributed by atoms with E-state index >= 15 is 0 Å². The summed E-state index contributed by atoms with van der Waals surface area (Å²) in [6, 6.07) is 7.78. The average molecular weight is 250 g/mol. The number of halogens is 1. The maximum Gasteiger partial charge on any atom is 0.192 e. The fraction of sp³-hybridized carbons (Fsp3) is 0.0909. The van der Waals surface area contributed by atoms with E-state index in [-0.39, 0.29) is 0 Å². The van der Waals surface area contributed by atoms with Crippen molar-refractivity contribution in [1.82, 2.24) is 14.6 Å². The molecular formula is C11H8ClN3S. The molecule has 3 rings (SSSR count). The van der Waals surface area contributed by atoms with Crippen LogP contribution < -0.4 is 0 Å². The Bertz CT molecular complexity index is 656. The molecule has 5 heteroatoms. The molecule has 3 heterocycles. The van der Waals surface area contributed by atoms with Gasteiger partial charge in [-0.05, 0) is 31.2 Å². The SMILES string of the molecule is Cc1ccc(-c2nc3ccc(Cl)cn3n2)s1. The lowest BCUT2D eigenvalue weighted by Crippen LogP contribution is -1.85. The van der Waals surface area contributed by atoms with Crippen LogP contribution in [0.15, 0.2) is 30.5 Å². The van der Waals surface area contributed by atoms with Gasteiger partial charge in [0.1, 0.15) is 0 Å². The van der Waals surface area contributed by atoms with Crippen molar-refractivity contribution >= 4 is 28.6 Å². The van der Waals surface area contributed by atoms with Crippen LogP contribution in [0.2, 0.25) is 5.02 Å². The van der Waals surface area contributed by atoms with Crippen LogP contribution in [0, 0.1) is 6.92 Å². The highest BCUT2D eigenvalue weighted by Gasteiger charge is 2.08. The van der Waals surface area contributed by atoms with Gasteiger partial charge in [0.15, 0.2) is 11.5 Å². The van der Waals surface area contributed by atoms with Gasteiger partial charge in [-0.25, -0.2) is 9.50 Å². The number of hydrogen-bond donors (Lipinski definition) is 0. The third kappa shape index (κ3) is 1.60. The number of pyridine rings is 1. The third-order valence-electron chi connectivity index (χ3n) is 2.26. The fourth-order valence-corrected chi connectivity index (χ4v) is 2.47. The lowest BCUT2D eigenvalue weighted by molar-refractivity contribution is 0.967. The third-order valence-corrected chi connectivity index (χ3v) is 3.48. The predicted octanol–water partition coefficient (Wildman–Crippen LogP) is 3.42. The van der Waals surface area contributed by atoms with Crippen LogP contribution in [0.25, 0.3) is 16.3 Å². The van der Waals surface area contributed by atoms with Crippen LogP contribution in [0.3, 0.4) is 0 Å². The summed E-state index contributed by atoms with van der Waals surface area (Å²) >= 11 is 7.58. The summed E-state index contributed by atoms with van der Waals surface area (Å²) in [5, 5.41) is 5.05. The highest BCUT2D eigenvalue weighted by molar-refractivity contribution is 7.15. The van der Waals surface area contributed by atoms with Crippen molar-refractivity contribution in [1.29, 1.82) is 0 Å². The van der Waals surface area contributed by atoms with Crippen molar-refractivity contribution in [2.24, 2.45) is 0 Å². The Balaban J connectivity index is 2.18. The van der Waals surface area contributed by atoms with Crippen molar-refractivity contribution in [3.05, 3.63) is 40.4 Å². The number of hydrogen-bond acceptors (Lipinski definition) is 3. The molecule has 0 unspecified atom stereocenters. The van der Waals surface area contributed by atoms with Crippen molar-refractivity contribution < 1.29 is 0 Å². The summed E-state index contributed by atoms with van der Waals surface area (Å²) < 4.78 is 1.70. The molecule has 0 atom stereocenters. The van der Waals surface area contributed by atoms with E-state index in [0.29, 0.717) is 5.02 Å². The number of fused-ring (bicyclic) bond motifs is 1. The van der Waals surface area contributed by atoms with Gasteiger partial charge in [0, 0.05) is 11.1 Å². The van der Waals surface area contributed by atoms with Crippen molar-refractivity contribution in [2.45, 2.75) is 6.92 Å². The van der Waals surface area contributed by atoms with Gasteiger partial charge in [0.25, 0.3) is 0 Å². The zero-order chi connectivity index (χ0) is 11.1. The Kier molecular flexibility index (Phi) is 2.19. The number of nitrogens with zero attached hydrogens (tertiary/aromatic N) is 3. The molecule has 3 aromatic heterocycles. The van der Waals surface area contributed by atoms with Gasteiger partial charge in [-0.3, -0.25) is 0 Å². The standard InChI is InChI=1S/C11H8ClN3S/c1-7-2-4-9(16-7)11-13-10-5-3-8(12)6-15(10)14-11/h2-6H,1H3. The van der Waals surface area contributed by atoms with E-state index in [1.807, 2.05) is 18.2 Å². The molecule has 0 radical (unpaired) electrons. The van der Waals surface area contributed by atoms with E-state index in [2.05, 4.69) is 23.1 Å². The molecule has 80 valence electrons. The molecule has 0 aromatic carbocycles. The summed E-state index contributed by atoms with van der Waals surface area (Å²) in [6.45, 7) is 2.07. The van der Waals surface area contributed by atoms with Crippen LogP contribution in [0.1, 0.15) is 4.88 Å². The molecule has 3 nitrogen and oxygen atoms in total. The van der Waals surface area contributed by atoms with E-state index in [1.54, 1.807) is 22.0 Å². The lowest BCUT2D eigenvalue weighted by Gasteiger charge is -1.89. The lowest BCUT2D eigenvalue weighted by atomic mass is 10.4. The second kappa shape index (κ2) is 3.57. The number of thiophene rings is 1. The summed E-state index contributed by atoms with van der Waals surface area (Å²) in [7, 11) is 0. The molecule has 0 aliphatic heterocycles. The van der Waals surface area contributed by atoms with Crippen LogP contribution in [0.5, 0.6) is 0 Å². The first kappa shape index (κ1) is 9.81. The first-order valence-electron chi connectivity index (χ1n) is 4.81. The van der Waals surface area contributed by atoms with Crippen LogP contribution >= 0.6 is 22.9 Å². The van der Waals surface area contributed by atoms with Crippen molar-refractivity contribution in [3.8, 4) is 10.7 Å². The molecule has 0 aliphatic carbocycles. The van der Waals surface area contributed by atoms with Crippen molar-refractivity contribution in [2.75, 3.05) is 0 Å². The smallest absolute Gasteiger partial charge is 0.192 e. The first-order valence-corrected chi connectivity index (χ1v) is 6.00. The zero-order valence-electron chi connectivity index (χ0n) is 8.51. The average Bonchev–Trinajstić information content (AvgIpc) is 2.83. The molecule has 0 N–H and O–H groups in total. The van der Waals surface area contributed by atoms with Gasteiger partial charge in [0.2, 0.25) is 0 Å². The monoisotopic (exact) mass is 249 g/mol. The molecule has 16 heavy (non-hydrogen) atoms. The quantitative estimate of drug-likeness (QED) is 0.662. The number of aryl methyl sites for hydroxylation is 1. The van der Waals surface area contributed by atoms with E-state index in [4.69, 9.17) is 11.6 Å². The Morgan fingerprint density at radius 3 is 2.88 bits per heavy atom. The van der Waals surface area contributed by atoms with E-state index < -0.39 is 0 Å². The van der Waals surface area contributed by atoms with E-state index in [1.165, 1.54) is 4.88 Å². The Hall–Kier alpha value is -1.39. The number of rotatable bonds is 1. The molecule has 0 amide bonds. The molecular weight excluding hydrogens is 242 g/mol. The molecule has 0 aliphatic rings. The minimum Gasteiger partial charge on any atom is -0.219 e. The Morgan fingerprint density at radius 1 is 1.25 bits per heavy atom. The van der Waals surface area contributed by atoms with E-state index in [9.17, 15) is 0 Å². The molecule has 0 saturated heterocycles. The number of aromatic nitrogens is 3. The molecule has 0 saturated carbocycles. The second-order valence-corrected chi connectivity index (χ2v) is 5.22. The van der Waals surface area contributed by atoms with E-state index in [0.717, 1.165) is 16.3 Å². The normalized spacial score (nSPS) is 11.1. The molecule has 0 spiro atoms. The minimum atomic E-state index is 0.659. The summed E-state index contributed by atoms with van der Waals surface area (Å²) in [6.07, 6.45) is 1.76. The summed E-state index contributed by atoms with van der Waals surface area (Å²) in [5.74, 6) is 0.750. The van der Waals surface area contributed by atoms with Gasteiger partial charge >= 0.3 is 0 Å². The molecule has 0 bridgehead atoms. The second-order valence-electron chi connectivity index (χ2n) is 3.50. The summed E-state index contributed by atoms with van der Waals surface area (Å²) in [4.78, 5) is 6.78. The highest BCUT2D eigenvalue weighted by Crippen LogP contribution is 2.25. The van der Waals surface area contributed by atoms with Gasteiger partial charge in [0.05, 0.1) is 9.90 Å². The van der Waals surface area contributed by atoms with Crippen LogP contribution in [-0.4, -0.2) is 14.6 Å². The van der Waals surface area contributed by atoms with Gasteiger partial charge in [-0.1, -0.05) is 11.6 Å². The van der Waals surface area contributed by atoms with Crippen LogP contribution in [0.4, 0.5) is 0 Å². The summed E-state index contributed by atoms with van der Waals surface area (Å²) in [5.41, 5.74) is 0.811. The molecule has 3 aromatic rings. The minimum absolute atomic E-state index is 0.659. The van der Waals surface area contributed by atoms with Crippen LogP contribution in [-0.2, 0) is 0 Å². The topological polar surface area (TPSA) is 30.2 Å². The van der Waals surface area contributed by atoms with Crippen molar-refractivity contribution in [3.63, 3.8) is 0 Å². The highest BCUT2D eigenvalue weighted by atomic mass is 35.5. The predicted molar refractivity (Wildman–Crippen MR) is 66.0 cm³/mol.